The molecule has 1 fully saturated rings. The average Bonchev–Trinajstić information content (AvgIpc) is 3.30. The highest BCUT2D eigenvalue weighted by molar-refractivity contribution is 7.85. The molecule has 1 amide bonds. The predicted molar refractivity (Wildman–Crippen MR) is 115 cm³/mol. The Balaban J connectivity index is 1.52. The SMILES string of the molecule is [N-]=[N+]=Nc1nc2c(N)ncnc2n1C1OC(COS(=O)(=O)NC(=O)c2ccccc2O)C(O)C1O. The molecule has 2 aromatic heterocycles. The zero-order valence-corrected chi connectivity index (χ0v) is 18.2. The van der Waals surface area contributed by atoms with E-state index in [9.17, 15) is 28.5 Å². The Labute approximate surface area is 195 Å². The van der Waals surface area contributed by atoms with E-state index in [2.05, 4.69) is 25.0 Å². The van der Waals surface area contributed by atoms with Crippen molar-refractivity contribution in [2.45, 2.75) is 24.5 Å². The number of aliphatic hydroxyl groups is 2. The second kappa shape index (κ2) is 9.29. The maximum atomic E-state index is 12.2. The molecular formula is C17H17N9O8S. The molecule has 0 bridgehead atoms. The van der Waals surface area contributed by atoms with Gasteiger partial charge in [-0.25, -0.2) is 19.7 Å². The number of hydrogen-bond acceptors (Lipinski definition) is 13. The van der Waals surface area contributed by atoms with Gasteiger partial charge in [-0.3, -0.25) is 13.5 Å². The van der Waals surface area contributed by atoms with Crippen LogP contribution in [0.5, 0.6) is 5.75 Å². The predicted octanol–water partition coefficient (Wildman–Crippen LogP) is -0.634. The number of aromatic nitrogens is 4. The Morgan fingerprint density at radius 1 is 1.31 bits per heavy atom. The zero-order valence-electron chi connectivity index (χ0n) is 17.4. The normalized spacial score (nSPS) is 22.1. The van der Waals surface area contributed by atoms with Crippen LogP contribution in [0.15, 0.2) is 35.7 Å². The lowest BCUT2D eigenvalue weighted by molar-refractivity contribution is -0.0459. The summed E-state index contributed by atoms with van der Waals surface area (Å²) in [6.45, 7) is -0.821. The van der Waals surface area contributed by atoms with E-state index in [1.807, 2.05) is 0 Å². The quantitative estimate of drug-likeness (QED) is 0.152. The molecule has 6 N–H and O–H groups in total. The molecule has 1 aliphatic heterocycles. The van der Waals surface area contributed by atoms with Gasteiger partial charge in [0.2, 0.25) is 5.95 Å². The second-order valence-electron chi connectivity index (χ2n) is 7.14. The molecule has 1 aromatic carbocycles. The van der Waals surface area contributed by atoms with E-state index in [0.29, 0.717) is 0 Å². The highest BCUT2D eigenvalue weighted by atomic mass is 32.2. The lowest BCUT2D eigenvalue weighted by atomic mass is 10.1. The number of aromatic hydroxyl groups is 1. The fourth-order valence-electron chi connectivity index (χ4n) is 3.36. The van der Waals surface area contributed by atoms with Crippen LogP contribution in [0.4, 0.5) is 11.8 Å². The summed E-state index contributed by atoms with van der Waals surface area (Å²) in [6.07, 6.45) is -5.09. The number of phenols is 1. The average molecular weight is 507 g/mol. The molecule has 18 heteroatoms. The number of nitrogens with one attached hydrogen (secondary N) is 1. The van der Waals surface area contributed by atoms with Crippen LogP contribution in [0.25, 0.3) is 21.6 Å². The number of benzene rings is 1. The van der Waals surface area contributed by atoms with Gasteiger partial charge < -0.3 is 25.8 Å². The minimum atomic E-state index is -4.71. The number of azide groups is 1. The van der Waals surface area contributed by atoms with E-state index in [1.54, 1.807) is 4.72 Å². The lowest BCUT2D eigenvalue weighted by Crippen LogP contribution is -2.37. The summed E-state index contributed by atoms with van der Waals surface area (Å²) in [7, 11) is -4.71. The minimum absolute atomic E-state index is 0.0141. The third-order valence-corrected chi connectivity index (χ3v) is 5.85. The fourth-order valence-corrected chi connectivity index (χ4v) is 4.07. The third-order valence-electron chi connectivity index (χ3n) is 4.97. The molecule has 0 saturated carbocycles. The van der Waals surface area contributed by atoms with Gasteiger partial charge in [0.15, 0.2) is 23.2 Å². The largest absolute Gasteiger partial charge is 0.507 e. The molecule has 17 nitrogen and oxygen atoms in total. The maximum Gasteiger partial charge on any atom is 0.362 e. The topological polar surface area (TPSA) is 261 Å². The Kier molecular flexibility index (Phi) is 6.39. The van der Waals surface area contributed by atoms with Crippen LogP contribution in [-0.2, 0) is 19.2 Å². The number of anilines is 1. The number of aliphatic hydroxyl groups excluding tert-OH is 2. The summed E-state index contributed by atoms with van der Waals surface area (Å²) in [5.41, 5.74) is 14.3. The summed E-state index contributed by atoms with van der Waals surface area (Å²) in [5.74, 6) is -1.97. The molecular weight excluding hydrogens is 490 g/mol. The van der Waals surface area contributed by atoms with Crippen molar-refractivity contribution in [2.24, 2.45) is 5.11 Å². The van der Waals surface area contributed by atoms with Gasteiger partial charge in [0, 0.05) is 4.91 Å². The number of phenolic OH excluding ortho intramolecular Hbond substituents is 1. The van der Waals surface area contributed by atoms with Gasteiger partial charge in [0.1, 0.15) is 30.4 Å². The Hall–Kier alpha value is -4.06. The number of ether oxygens (including phenoxy) is 1. The van der Waals surface area contributed by atoms with E-state index in [-0.39, 0.29) is 28.5 Å². The van der Waals surface area contributed by atoms with Crippen molar-refractivity contribution in [3.05, 3.63) is 46.6 Å². The van der Waals surface area contributed by atoms with Gasteiger partial charge in [-0.2, -0.15) is 8.42 Å². The van der Waals surface area contributed by atoms with Crippen LogP contribution < -0.4 is 10.5 Å². The first kappa shape index (κ1) is 24.1. The Bertz CT molecular complexity index is 1440. The van der Waals surface area contributed by atoms with Crippen LogP contribution in [0, 0.1) is 0 Å². The lowest BCUT2D eigenvalue weighted by Gasteiger charge is -2.18. The smallest absolute Gasteiger partial charge is 0.362 e. The molecule has 3 heterocycles. The van der Waals surface area contributed by atoms with Crippen molar-refractivity contribution < 1.29 is 37.5 Å². The van der Waals surface area contributed by atoms with Crippen molar-refractivity contribution >= 4 is 39.1 Å². The number of nitrogen functional groups attached to an aromatic ring is 1. The summed E-state index contributed by atoms with van der Waals surface area (Å²) in [5, 5.41) is 34.0. The molecule has 4 unspecified atom stereocenters. The van der Waals surface area contributed by atoms with E-state index in [4.69, 9.17) is 20.2 Å². The Morgan fingerprint density at radius 2 is 2.06 bits per heavy atom. The third kappa shape index (κ3) is 4.64. The molecule has 0 aliphatic carbocycles. The number of imidazole rings is 1. The second-order valence-corrected chi connectivity index (χ2v) is 8.48. The number of hydrogen-bond donors (Lipinski definition) is 5. The molecule has 35 heavy (non-hydrogen) atoms. The van der Waals surface area contributed by atoms with Crippen molar-refractivity contribution in [1.82, 2.24) is 24.2 Å². The number of para-hydroxylation sites is 1. The standard InChI is InChI=1S/C17H17N9O8S/c18-13-10-14(21-6-20-13)26(17(22-10)23-25-19)16-12(29)11(28)9(34-16)5-33-35(31,32)24-15(30)7-3-1-2-4-8(7)27/h1-4,6,9,11-12,16,27-29H,5H2,(H,24,30)(H2,18,20,21). The maximum absolute atomic E-state index is 12.2. The number of rotatable bonds is 7. The summed E-state index contributed by atoms with van der Waals surface area (Å²) < 4.78 is 37.4. The van der Waals surface area contributed by atoms with Crippen LogP contribution >= 0.6 is 0 Å². The Morgan fingerprint density at radius 3 is 2.77 bits per heavy atom. The molecule has 3 aromatic rings. The number of fused-ring (bicyclic) bond motifs is 1. The van der Waals surface area contributed by atoms with Crippen LogP contribution in [0.1, 0.15) is 16.6 Å². The molecule has 184 valence electrons. The molecule has 1 saturated heterocycles. The van der Waals surface area contributed by atoms with E-state index in [1.165, 1.54) is 24.3 Å². The number of nitrogens with two attached hydrogens (primary N) is 1. The van der Waals surface area contributed by atoms with Gasteiger partial charge in [-0.05, 0) is 22.8 Å². The van der Waals surface area contributed by atoms with Crippen molar-refractivity contribution in [3.8, 4) is 5.75 Å². The summed E-state index contributed by atoms with van der Waals surface area (Å²) >= 11 is 0. The monoisotopic (exact) mass is 507 g/mol. The van der Waals surface area contributed by atoms with Gasteiger partial charge in [0.05, 0.1) is 12.2 Å². The highest BCUT2D eigenvalue weighted by Crippen LogP contribution is 2.36. The number of carbonyl (C=O) groups excluding carboxylic acids is 1. The number of nitrogens with zero attached hydrogens (tertiary/aromatic N) is 7. The fraction of sp³-hybridized carbons (Fsp3) is 0.294. The van der Waals surface area contributed by atoms with Crippen molar-refractivity contribution in [2.75, 3.05) is 12.3 Å². The van der Waals surface area contributed by atoms with E-state index < -0.39 is 53.1 Å². The van der Waals surface area contributed by atoms with Crippen molar-refractivity contribution in [1.29, 1.82) is 0 Å². The zero-order chi connectivity index (χ0) is 25.3. The van der Waals surface area contributed by atoms with E-state index in [0.717, 1.165) is 10.9 Å². The van der Waals surface area contributed by atoms with Gasteiger partial charge >= 0.3 is 10.3 Å². The van der Waals surface area contributed by atoms with Crippen LogP contribution in [-0.4, -0.2) is 74.1 Å². The van der Waals surface area contributed by atoms with Gasteiger partial charge in [-0.1, -0.05) is 12.1 Å². The first-order valence-corrected chi connectivity index (χ1v) is 11.1. The molecule has 0 spiro atoms. The van der Waals surface area contributed by atoms with Gasteiger partial charge in [-0.15, -0.1) is 0 Å². The molecule has 1 aliphatic rings. The van der Waals surface area contributed by atoms with E-state index >= 15 is 0 Å². The first-order chi connectivity index (χ1) is 16.6. The number of carbonyl (C=O) groups is 1. The van der Waals surface area contributed by atoms with Crippen molar-refractivity contribution in [3.63, 3.8) is 0 Å². The molecule has 4 rings (SSSR count). The first-order valence-electron chi connectivity index (χ1n) is 9.67. The summed E-state index contributed by atoms with van der Waals surface area (Å²) in [6, 6.07) is 5.23. The van der Waals surface area contributed by atoms with Crippen LogP contribution in [0.2, 0.25) is 0 Å². The van der Waals surface area contributed by atoms with Gasteiger partial charge in [0.25, 0.3) is 5.91 Å². The van der Waals surface area contributed by atoms with Crippen LogP contribution in [0.3, 0.4) is 0 Å². The molecule has 0 radical (unpaired) electrons. The molecule has 4 atom stereocenters. The minimum Gasteiger partial charge on any atom is -0.507 e. The highest BCUT2D eigenvalue weighted by Gasteiger charge is 2.46. The summed E-state index contributed by atoms with van der Waals surface area (Å²) in [4.78, 5) is 26.5. The number of amides is 1.